The number of hydrogen-bond donors (Lipinski definition) is 1. The fraction of sp³-hybridized carbons (Fsp3) is 0.769. The van der Waals surface area contributed by atoms with Crippen LogP contribution in [0.15, 0.2) is 0 Å². The van der Waals surface area contributed by atoms with Gasteiger partial charge in [0.05, 0.1) is 5.92 Å². The number of alkyl halides is 1. The fourth-order valence-corrected chi connectivity index (χ4v) is 2.53. The van der Waals surface area contributed by atoms with Crippen molar-refractivity contribution in [2.75, 3.05) is 20.1 Å². The Kier molecular flexibility index (Phi) is 5.39. The van der Waals surface area contributed by atoms with E-state index in [1.54, 1.807) is 20.8 Å². The summed E-state index contributed by atoms with van der Waals surface area (Å²) in [7, 11) is 1.50. The fourth-order valence-electron chi connectivity index (χ4n) is 2.39. The first kappa shape index (κ1) is 16.8. The van der Waals surface area contributed by atoms with E-state index < -0.39 is 17.4 Å². The quantitative estimate of drug-likeness (QED) is 0.756. The summed E-state index contributed by atoms with van der Waals surface area (Å²) >= 11 is 5.69. The van der Waals surface area contributed by atoms with Crippen LogP contribution in [-0.4, -0.2) is 64.2 Å². The zero-order valence-electron chi connectivity index (χ0n) is 12.2. The van der Waals surface area contributed by atoms with Gasteiger partial charge in [0.25, 0.3) is 0 Å². The molecular weight excluding hydrogens is 284 g/mol. The van der Waals surface area contributed by atoms with Gasteiger partial charge in [-0.1, -0.05) is 13.8 Å². The summed E-state index contributed by atoms with van der Waals surface area (Å²) in [6.45, 7) is 5.72. The second-order valence-corrected chi connectivity index (χ2v) is 6.19. The molecule has 0 aromatic rings. The van der Waals surface area contributed by atoms with Crippen LogP contribution in [0.5, 0.6) is 0 Å². The van der Waals surface area contributed by atoms with Crippen LogP contribution in [0, 0.1) is 11.8 Å². The maximum Gasteiger partial charge on any atom is 0.326 e. The predicted molar refractivity (Wildman–Crippen MR) is 74.4 cm³/mol. The molecule has 7 heteroatoms. The third-order valence-electron chi connectivity index (χ3n) is 3.53. The van der Waals surface area contributed by atoms with E-state index in [1.165, 1.54) is 16.8 Å². The molecule has 0 saturated carbocycles. The molecule has 1 aliphatic heterocycles. The number of carbonyl (C=O) groups excluding carboxylic acids is 2. The number of halogens is 1. The number of carboxylic acids is 1. The minimum absolute atomic E-state index is 0.179. The molecule has 1 aliphatic rings. The summed E-state index contributed by atoms with van der Waals surface area (Å²) in [5.74, 6) is -1.96. The first-order chi connectivity index (χ1) is 9.16. The Morgan fingerprint density at radius 1 is 1.25 bits per heavy atom. The summed E-state index contributed by atoms with van der Waals surface area (Å²) in [5, 5.41) is 8.57. The molecule has 2 amide bonds. The molecule has 0 aromatic heterocycles. The van der Waals surface area contributed by atoms with E-state index in [2.05, 4.69) is 0 Å². The van der Waals surface area contributed by atoms with Gasteiger partial charge in [0, 0.05) is 20.1 Å². The number of likely N-dealkylation sites (N-methyl/N-ethyl adjacent to an activating group) is 1. The van der Waals surface area contributed by atoms with Crippen molar-refractivity contribution in [3.8, 4) is 0 Å². The first-order valence-corrected chi connectivity index (χ1v) is 7.02. The normalized spacial score (nSPS) is 18.4. The van der Waals surface area contributed by atoms with Crippen molar-refractivity contribution >= 4 is 29.4 Å². The zero-order chi connectivity index (χ0) is 15.6. The number of likely N-dealkylation sites (tertiary alicyclic amines) is 1. The second kappa shape index (κ2) is 6.43. The maximum absolute atomic E-state index is 12.2. The molecule has 1 saturated heterocycles. The largest absolute Gasteiger partial charge is 0.480 e. The molecule has 6 nitrogen and oxygen atoms in total. The summed E-state index contributed by atoms with van der Waals surface area (Å²) in [6, 6.07) is -0.848. The van der Waals surface area contributed by atoms with Gasteiger partial charge in [-0.3, -0.25) is 9.59 Å². The average Bonchev–Trinajstić information content (AvgIpc) is 2.25. The van der Waals surface area contributed by atoms with Gasteiger partial charge < -0.3 is 14.9 Å². The molecule has 0 bridgehead atoms. The molecule has 1 N–H and O–H groups in total. The number of carboxylic acid groups (broad SMARTS) is 1. The Morgan fingerprint density at radius 3 is 2.10 bits per heavy atom. The molecule has 114 valence electrons. The van der Waals surface area contributed by atoms with Gasteiger partial charge in [0.15, 0.2) is 0 Å². The van der Waals surface area contributed by atoms with Crippen LogP contribution in [0.2, 0.25) is 0 Å². The van der Waals surface area contributed by atoms with Crippen LogP contribution in [0.25, 0.3) is 0 Å². The van der Waals surface area contributed by atoms with Crippen LogP contribution in [0.1, 0.15) is 20.8 Å². The van der Waals surface area contributed by atoms with Gasteiger partial charge in [-0.25, -0.2) is 4.79 Å². The molecule has 0 radical (unpaired) electrons. The van der Waals surface area contributed by atoms with E-state index in [9.17, 15) is 19.5 Å². The van der Waals surface area contributed by atoms with E-state index in [1.807, 2.05) is 0 Å². The predicted octanol–water partition coefficient (Wildman–Crippen LogP) is 0.640. The topological polar surface area (TPSA) is 77.9 Å². The highest BCUT2D eigenvalue weighted by atomic mass is 35.5. The smallest absolute Gasteiger partial charge is 0.326 e. The van der Waals surface area contributed by atoms with Crippen LogP contribution in [0.4, 0.5) is 0 Å². The molecule has 0 aromatic carbocycles. The highest BCUT2D eigenvalue weighted by Crippen LogP contribution is 2.22. The van der Waals surface area contributed by atoms with E-state index in [0.29, 0.717) is 13.1 Å². The summed E-state index contributed by atoms with van der Waals surface area (Å²) in [6.07, 6.45) is 0. The molecule has 0 spiro atoms. The van der Waals surface area contributed by atoms with Gasteiger partial charge in [-0.2, -0.15) is 0 Å². The Balaban J connectivity index is 2.60. The second-order valence-electron chi connectivity index (χ2n) is 5.53. The number of aliphatic carboxylic acids is 1. The third kappa shape index (κ3) is 3.42. The average molecular weight is 305 g/mol. The summed E-state index contributed by atoms with van der Waals surface area (Å²) in [5.41, 5.74) is 0. The number of hydrogen-bond acceptors (Lipinski definition) is 3. The van der Waals surface area contributed by atoms with Crippen LogP contribution >= 0.6 is 11.6 Å². The molecule has 1 unspecified atom stereocenters. The lowest BCUT2D eigenvalue weighted by Gasteiger charge is -2.41. The van der Waals surface area contributed by atoms with Crippen molar-refractivity contribution in [1.82, 2.24) is 9.80 Å². The molecule has 20 heavy (non-hydrogen) atoms. The van der Waals surface area contributed by atoms with Crippen molar-refractivity contribution in [1.29, 1.82) is 0 Å². The van der Waals surface area contributed by atoms with Crippen molar-refractivity contribution in [3.63, 3.8) is 0 Å². The Bertz CT molecular complexity index is 405. The number of amides is 2. The van der Waals surface area contributed by atoms with E-state index in [4.69, 9.17) is 11.6 Å². The minimum Gasteiger partial charge on any atom is -0.480 e. The lowest BCUT2D eigenvalue weighted by Crippen LogP contribution is -2.59. The lowest BCUT2D eigenvalue weighted by molar-refractivity contribution is -0.157. The minimum atomic E-state index is -1.02. The van der Waals surface area contributed by atoms with Crippen LogP contribution < -0.4 is 0 Å². The van der Waals surface area contributed by atoms with Crippen LogP contribution in [-0.2, 0) is 14.4 Å². The highest BCUT2D eigenvalue weighted by Gasteiger charge is 2.41. The van der Waals surface area contributed by atoms with Gasteiger partial charge in [0.2, 0.25) is 11.8 Å². The monoisotopic (exact) mass is 304 g/mol. The van der Waals surface area contributed by atoms with Gasteiger partial charge >= 0.3 is 5.97 Å². The molecule has 2 atom stereocenters. The summed E-state index contributed by atoms with van der Waals surface area (Å²) < 4.78 is 0. The Morgan fingerprint density at radius 2 is 1.75 bits per heavy atom. The van der Waals surface area contributed by atoms with Crippen molar-refractivity contribution < 1.29 is 19.5 Å². The van der Waals surface area contributed by atoms with Crippen molar-refractivity contribution in [2.45, 2.75) is 32.2 Å². The number of nitrogens with zero attached hydrogens (tertiary/aromatic N) is 2. The van der Waals surface area contributed by atoms with Crippen molar-refractivity contribution in [3.05, 3.63) is 0 Å². The standard InChI is InChI=1S/C13H21ClN2O4/c1-7(2)10(13(19)20)15(4)12(18)9-5-16(6-9)11(17)8(3)14/h7-10H,5-6H2,1-4H3,(H,19,20)/t8-,10?/m1/s1. The van der Waals surface area contributed by atoms with E-state index in [0.717, 1.165) is 0 Å². The van der Waals surface area contributed by atoms with Crippen molar-refractivity contribution in [2.24, 2.45) is 11.8 Å². The highest BCUT2D eigenvalue weighted by molar-refractivity contribution is 6.30. The van der Waals surface area contributed by atoms with E-state index >= 15 is 0 Å². The Labute approximate surface area is 123 Å². The maximum atomic E-state index is 12.2. The Hall–Kier alpha value is -1.30. The zero-order valence-corrected chi connectivity index (χ0v) is 12.9. The van der Waals surface area contributed by atoms with Crippen LogP contribution in [0.3, 0.4) is 0 Å². The van der Waals surface area contributed by atoms with E-state index in [-0.39, 0.29) is 23.7 Å². The molecule has 1 rings (SSSR count). The SMILES string of the molecule is CC(C)C(C(=O)O)N(C)C(=O)C1CN(C(=O)[C@@H](C)Cl)C1. The van der Waals surface area contributed by atoms with Gasteiger partial charge in [-0.05, 0) is 12.8 Å². The third-order valence-corrected chi connectivity index (χ3v) is 3.72. The number of rotatable bonds is 5. The number of carbonyl (C=O) groups is 3. The van der Waals surface area contributed by atoms with Gasteiger partial charge in [-0.15, -0.1) is 11.6 Å². The summed E-state index contributed by atoms with van der Waals surface area (Å²) in [4.78, 5) is 37.8. The van der Waals surface area contributed by atoms with Gasteiger partial charge in [0.1, 0.15) is 11.4 Å². The molecule has 1 fully saturated rings. The molecular formula is C13H21ClN2O4. The lowest BCUT2D eigenvalue weighted by atomic mass is 9.95. The molecule has 0 aliphatic carbocycles. The molecule has 1 heterocycles. The first-order valence-electron chi connectivity index (χ1n) is 6.59.